The number of hydrogen-bond acceptors (Lipinski definition) is 8. The van der Waals surface area contributed by atoms with E-state index in [1.807, 2.05) is 0 Å². The largest absolute Gasteiger partial charge is 0.457 e. The van der Waals surface area contributed by atoms with E-state index >= 15 is 0 Å². The van der Waals surface area contributed by atoms with Gasteiger partial charge in [-0.15, -0.1) is 0 Å². The van der Waals surface area contributed by atoms with Crippen molar-refractivity contribution in [3.05, 3.63) is 119 Å². The first kappa shape index (κ1) is 25.0. The van der Waals surface area contributed by atoms with Gasteiger partial charge in [0, 0.05) is 11.1 Å². The Morgan fingerprint density at radius 1 is 0.872 bits per heavy atom. The van der Waals surface area contributed by atoms with Crippen LogP contribution in [0.25, 0.3) is 6.08 Å². The third kappa shape index (κ3) is 6.20. The highest BCUT2D eigenvalue weighted by Crippen LogP contribution is 2.33. The molecule has 39 heavy (non-hydrogen) atoms. The first-order valence-electron chi connectivity index (χ1n) is 11.7. The molecule has 2 heterocycles. The number of ether oxygens (including phenoxy) is 3. The lowest BCUT2D eigenvalue weighted by Gasteiger charge is -2.10. The van der Waals surface area contributed by atoms with Crippen LogP contribution in [0.3, 0.4) is 0 Å². The molecule has 3 aromatic carbocycles. The van der Waals surface area contributed by atoms with E-state index in [0.717, 1.165) is 0 Å². The Kier molecular flexibility index (Phi) is 7.45. The van der Waals surface area contributed by atoms with Gasteiger partial charge in [0.05, 0.1) is 12.5 Å². The average Bonchev–Trinajstić information content (AvgIpc) is 3.66. The van der Waals surface area contributed by atoms with Gasteiger partial charge < -0.3 is 23.9 Å². The van der Waals surface area contributed by atoms with Crippen molar-refractivity contribution in [3.8, 4) is 17.2 Å². The monoisotopic (exact) mass is 523 g/mol. The number of para-hydroxylation sites is 1. The highest BCUT2D eigenvalue weighted by atomic mass is 16.7. The molecule has 0 radical (unpaired) electrons. The molecule has 0 aliphatic carbocycles. The van der Waals surface area contributed by atoms with Gasteiger partial charge in [-0.3, -0.25) is 9.59 Å². The van der Waals surface area contributed by atoms with Crippen molar-refractivity contribution in [1.29, 1.82) is 0 Å². The third-order valence-corrected chi connectivity index (χ3v) is 5.45. The van der Waals surface area contributed by atoms with Crippen molar-refractivity contribution in [2.75, 3.05) is 6.79 Å². The molecule has 10 nitrogen and oxygen atoms in total. The zero-order valence-electron chi connectivity index (χ0n) is 20.3. The molecule has 0 atom stereocenters. The van der Waals surface area contributed by atoms with E-state index in [1.165, 1.54) is 24.6 Å². The van der Waals surface area contributed by atoms with E-state index in [9.17, 15) is 14.4 Å². The first-order valence-corrected chi connectivity index (χ1v) is 11.7. The number of nitrogens with one attached hydrogen (secondary N) is 2. The van der Waals surface area contributed by atoms with Gasteiger partial charge in [-0.1, -0.05) is 36.4 Å². The van der Waals surface area contributed by atoms with E-state index in [1.54, 1.807) is 78.9 Å². The zero-order chi connectivity index (χ0) is 27.0. The number of benzene rings is 3. The highest BCUT2D eigenvalue weighted by molar-refractivity contribution is 6.05. The van der Waals surface area contributed by atoms with Crippen molar-refractivity contribution >= 4 is 30.1 Å². The molecule has 0 bridgehead atoms. The topological polar surface area (TPSA) is 128 Å². The number of carbonyl (C=O) groups is 3. The van der Waals surface area contributed by atoms with E-state index in [4.69, 9.17) is 18.6 Å². The van der Waals surface area contributed by atoms with Crippen LogP contribution in [0, 0.1) is 0 Å². The second-order valence-electron chi connectivity index (χ2n) is 8.09. The molecule has 1 aliphatic heterocycles. The van der Waals surface area contributed by atoms with Crippen LogP contribution < -0.4 is 25.0 Å². The van der Waals surface area contributed by atoms with Crippen LogP contribution in [0.2, 0.25) is 0 Å². The highest BCUT2D eigenvalue weighted by Gasteiger charge is 2.17. The summed E-state index contributed by atoms with van der Waals surface area (Å²) in [5.74, 6) is -0.468. The maximum absolute atomic E-state index is 13.1. The summed E-state index contributed by atoms with van der Waals surface area (Å²) >= 11 is 0. The Balaban J connectivity index is 1.34. The van der Waals surface area contributed by atoms with Crippen LogP contribution in [-0.2, 0) is 4.79 Å². The minimum atomic E-state index is -0.682. The van der Waals surface area contributed by atoms with Gasteiger partial charge in [0.1, 0.15) is 11.4 Å². The number of amides is 2. The van der Waals surface area contributed by atoms with Gasteiger partial charge in [0.15, 0.2) is 11.5 Å². The van der Waals surface area contributed by atoms with Crippen LogP contribution in [0.1, 0.15) is 32.0 Å². The SMILES string of the molecule is O=C(N/N=C/c1ccccc1OC(=O)c1ccco1)/C(=C\c1ccc2c(c1)OCO2)NC(=O)c1ccccc1. The Morgan fingerprint density at radius 2 is 1.67 bits per heavy atom. The summed E-state index contributed by atoms with van der Waals surface area (Å²) in [6.07, 6.45) is 4.18. The fourth-order valence-corrected chi connectivity index (χ4v) is 3.56. The smallest absolute Gasteiger partial charge is 0.379 e. The van der Waals surface area contributed by atoms with Crippen molar-refractivity contribution in [1.82, 2.24) is 10.7 Å². The van der Waals surface area contributed by atoms with E-state index in [0.29, 0.717) is 28.2 Å². The van der Waals surface area contributed by atoms with Crippen molar-refractivity contribution in [2.24, 2.45) is 5.10 Å². The number of fused-ring (bicyclic) bond motifs is 1. The summed E-state index contributed by atoms with van der Waals surface area (Å²) in [4.78, 5) is 38.2. The number of esters is 1. The number of hydrogen-bond donors (Lipinski definition) is 2. The Hall–Kier alpha value is -5.64. The van der Waals surface area contributed by atoms with Gasteiger partial charge >= 0.3 is 5.97 Å². The van der Waals surface area contributed by atoms with Gasteiger partial charge in [0.25, 0.3) is 11.8 Å². The van der Waals surface area contributed by atoms with Gasteiger partial charge in [-0.25, -0.2) is 10.2 Å². The molecular weight excluding hydrogens is 502 g/mol. The maximum atomic E-state index is 13.1. The second-order valence-corrected chi connectivity index (χ2v) is 8.09. The van der Waals surface area contributed by atoms with Gasteiger partial charge in [0.2, 0.25) is 12.6 Å². The van der Waals surface area contributed by atoms with E-state index in [-0.39, 0.29) is 24.0 Å². The molecule has 0 saturated carbocycles. The summed E-state index contributed by atoms with van der Waals surface area (Å²) in [6, 6.07) is 23.3. The lowest BCUT2D eigenvalue weighted by atomic mass is 10.1. The number of furan rings is 1. The normalized spacial score (nSPS) is 12.3. The van der Waals surface area contributed by atoms with Gasteiger partial charge in [-0.05, 0) is 60.2 Å². The lowest BCUT2D eigenvalue weighted by molar-refractivity contribution is -0.117. The minimum absolute atomic E-state index is 0.0440. The van der Waals surface area contributed by atoms with Crippen LogP contribution in [0.5, 0.6) is 17.2 Å². The molecule has 2 N–H and O–H groups in total. The molecule has 0 fully saturated rings. The minimum Gasteiger partial charge on any atom is -0.457 e. The fraction of sp³-hybridized carbons (Fsp3) is 0.0345. The average molecular weight is 524 g/mol. The molecule has 0 saturated heterocycles. The molecule has 4 aromatic rings. The standard InChI is InChI=1S/C29H21N3O7/c33-27(20-7-2-1-3-8-20)31-22(15-19-12-13-24-26(16-19)38-18-37-24)28(34)32-30-17-21-9-4-5-10-23(21)39-29(35)25-11-6-14-36-25/h1-17H,18H2,(H,31,33)(H,32,34)/b22-15+,30-17+. The predicted molar refractivity (Wildman–Crippen MR) is 140 cm³/mol. The Labute approximate surface area is 222 Å². The van der Waals surface area contributed by atoms with Crippen LogP contribution in [-0.4, -0.2) is 30.8 Å². The predicted octanol–water partition coefficient (Wildman–Crippen LogP) is 4.15. The molecule has 0 unspecified atom stereocenters. The number of rotatable bonds is 8. The first-order chi connectivity index (χ1) is 19.1. The molecule has 2 amide bonds. The number of carbonyl (C=O) groups excluding carboxylic acids is 3. The Bertz CT molecular complexity index is 1560. The number of nitrogens with zero attached hydrogens (tertiary/aromatic N) is 1. The van der Waals surface area contributed by atoms with E-state index in [2.05, 4.69) is 15.8 Å². The lowest BCUT2D eigenvalue weighted by Crippen LogP contribution is -2.32. The van der Waals surface area contributed by atoms with Crippen LogP contribution >= 0.6 is 0 Å². The van der Waals surface area contributed by atoms with Crippen molar-refractivity contribution in [3.63, 3.8) is 0 Å². The summed E-state index contributed by atoms with van der Waals surface area (Å²) in [6.45, 7) is 0.105. The summed E-state index contributed by atoms with van der Waals surface area (Å²) < 4.78 is 21.2. The molecule has 1 aromatic heterocycles. The summed E-state index contributed by atoms with van der Waals surface area (Å²) in [5, 5.41) is 6.63. The number of hydrazone groups is 1. The fourth-order valence-electron chi connectivity index (χ4n) is 3.56. The van der Waals surface area contributed by atoms with Crippen LogP contribution in [0.15, 0.2) is 106 Å². The quantitative estimate of drug-likeness (QED) is 0.117. The summed E-state index contributed by atoms with van der Waals surface area (Å²) in [7, 11) is 0. The van der Waals surface area contributed by atoms with Crippen molar-refractivity contribution < 1.29 is 33.0 Å². The molecular formula is C29H21N3O7. The molecule has 1 aliphatic rings. The van der Waals surface area contributed by atoms with Crippen molar-refractivity contribution in [2.45, 2.75) is 0 Å². The van der Waals surface area contributed by atoms with E-state index < -0.39 is 17.8 Å². The molecule has 5 rings (SSSR count). The maximum Gasteiger partial charge on any atom is 0.379 e. The van der Waals surface area contributed by atoms with Crippen LogP contribution in [0.4, 0.5) is 0 Å². The summed E-state index contributed by atoms with van der Waals surface area (Å²) in [5.41, 5.74) is 3.73. The molecule has 0 spiro atoms. The third-order valence-electron chi connectivity index (χ3n) is 5.45. The molecule has 10 heteroatoms. The second kappa shape index (κ2) is 11.6. The van der Waals surface area contributed by atoms with Gasteiger partial charge in [-0.2, -0.15) is 5.10 Å². The zero-order valence-corrected chi connectivity index (χ0v) is 20.3. The Morgan fingerprint density at radius 3 is 2.49 bits per heavy atom. The molecule has 194 valence electrons.